The first-order valence-electron chi connectivity index (χ1n) is 11.7. The van der Waals surface area contributed by atoms with Gasteiger partial charge in [0.05, 0.1) is 22.7 Å². The molecule has 1 aliphatic rings. The molecule has 0 aliphatic carbocycles. The van der Waals surface area contributed by atoms with Crippen molar-refractivity contribution in [1.82, 2.24) is 9.47 Å². The van der Waals surface area contributed by atoms with Crippen LogP contribution in [0.2, 0.25) is 0 Å². The molecule has 1 aliphatic heterocycles. The molecule has 1 fully saturated rings. The number of hydrogen-bond donors (Lipinski definition) is 1. The van der Waals surface area contributed by atoms with E-state index in [1.54, 1.807) is 29.2 Å². The van der Waals surface area contributed by atoms with Crippen molar-refractivity contribution in [3.63, 3.8) is 0 Å². The van der Waals surface area contributed by atoms with Crippen molar-refractivity contribution in [2.24, 2.45) is 4.99 Å². The highest BCUT2D eigenvalue weighted by Gasteiger charge is 2.34. The van der Waals surface area contributed by atoms with Crippen molar-refractivity contribution in [2.75, 3.05) is 0 Å². The first-order chi connectivity index (χ1) is 17.4. The highest BCUT2D eigenvalue weighted by Crippen LogP contribution is 2.37. The summed E-state index contributed by atoms with van der Waals surface area (Å²) in [5.74, 6) is -1.11. The molecular weight excluding hydrogens is 470 g/mol. The molecule has 0 atom stereocenters. The smallest absolute Gasteiger partial charge is 0.335 e. The van der Waals surface area contributed by atoms with Crippen LogP contribution in [0.3, 0.4) is 0 Å². The Bertz CT molecular complexity index is 1500. The summed E-state index contributed by atoms with van der Waals surface area (Å²) in [6.07, 6.45) is 4.04. The highest BCUT2D eigenvalue weighted by atomic mass is 32.2. The van der Waals surface area contributed by atoms with Crippen LogP contribution in [0.4, 0.5) is 5.69 Å². The van der Waals surface area contributed by atoms with Gasteiger partial charge < -0.3 is 9.67 Å². The number of para-hydroxylation sites is 2. The van der Waals surface area contributed by atoms with Crippen LogP contribution < -0.4 is 0 Å². The summed E-state index contributed by atoms with van der Waals surface area (Å²) in [6, 6.07) is 24.6. The van der Waals surface area contributed by atoms with Crippen LogP contribution in [-0.2, 0) is 11.3 Å². The standard InChI is InChI=1S/C29H25N3O3S/c1-19(2)31-18-22(24-10-6-7-11-25(24)31)16-26-27(33)32(17-20-12-14-21(15-13-20)28(34)35)29(36-26)30-23-8-4-3-5-9-23/h3-16,18-19H,17H2,1-2H3,(H,34,35)/b26-16-,30-29?. The lowest BCUT2D eigenvalue weighted by Gasteiger charge is -2.16. The maximum absolute atomic E-state index is 13.6. The van der Waals surface area contributed by atoms with Crippen LogP contribution in [0.25, 0.3) is 17.0 Å². The van der Waals surface area contributed by atoms with Gasteiger partial charge in [0.1, 0.15) is 0 Å². The number of amides is 1. The van der Waals surface area contributed by atoms with E-state index in [1.807, 2.05) is 48.5 Å². The fraction of sp³-hybridized carbons (Fsp3) is 0.138. The second-order valence-electron chi connectivity index (χ2n) is 8.84. The van der Waals surface area contributed by atoms with Crippen molar-refractivity contribution in [3.8, 4) is 0 Å². The number of amidine groups is 1. The van der Waals surface area contributed by atoms with E-state index in [2.05, 4.69) is 36.7 Å². The van der Waals surface area contributed by atoms with Crippen molar-refractivity contribution in [1.29, 1.82) is 0 Å². The first kappa shape index (κ1) is 23.6. The Balaban J connectivity index is 1.54. The van der Waals surface area contributed by atoms with Crippen molar-refractivity contribution >= 4 is 51.5 Å². The molecule has 0 unspecified atom stereocenters. The van der Waals surface area contributed by atoms with E-state index in [4.69, 9.17) is 4.99 Å². The molecule has 3 aromatic carbocycles. The molecule has 180 valence electrons. The van der Waals surface area contributed by atoms with Gasteiger partial charge in [0, 0.05) is 28.7 Å². The quantitative estimate of drug-likeness (QED) is 0.301. The minimum Gasteiger partial charge on any atom is -0.478 e. The summed E-state index contributed by atoms with van der Waals surface area (Å²) in [5.41, 5.74) is 3.91. The SMILES string of the molecule is CC(C)n1cc(/C=C2\SC(=Nc3ccccc3)N(Cc3ccc(C(=O)O)cc3)C2=O)c2ccccc21. The molecule has 0 saturated carbocycles. The number of hydrogen-bond acceptors (Lipinski definition) is 4. The number of benzene rings is 3. The molecule has 1 saturated heterocycles. The van der Waals surface area contributed by atoms with Gasteiger partial charge in [0.25, 0.3) is 5.91 Å². The van der Waals surface area contributed by atoms with Gasteiger partial charge in [-0.25, -0.2) is 9.79 Å². The molecule has 4 aromatic rings. The minimum atomic E-state index is -0.980. The molecule has 0 bridgehead atoms. The zero-order valence-corrected chi connectivity index (χ0v) is 20.8. The van der Waals surface area contributed by atoms with Crippen LogP contribution in [0.5, 0.6) is 0 Å². The predicted molar refractivity (Wildman–Crippen MR) is 145 cm³/mol. The predicted octanol–water partition coefficient (Wildman–Crippen LogP) is 6.72. The summed E-state index contributed by atoms with van der Waals surface area (Å²) in [7, 11) is 0. The van der Waals surface area contributed by atoms with Gasteiger partial charge in [-0.15, -0.1) is 0 Å². The number of fused-ring (bicyclic) bond motifs is 1. The third kappa shape index (κ3) is 4.70. The molecule has 6 nitrogen and oxygen atoms in total. The monoisotopic (exact) mass is 495 g/mol. The van der Waals surface area contributed by atoms with E-state index < -0.39 is 5.97 Å². The Hall–Kier alpha value is -4.10. The lowest BCUT2D eigenvalue weighted by Crippen LogP contribution is -2.28. The van der Waals surface area contributed by atoms with E-state index in [-0.39, 0.29) is 17.5 Å². The highest BCUT2D eigenvalue weighted by molar-refractivity contribution is 8.18. The molecule has 5 rings (SSSR count). The molecule has 1 aromatic heterocycles. The molecular formula is C29H25N3O3S. The van der Waals surface area contributed by atoms with E-state index in [0.717, 1.165) is 27.7 Å². The lowest BCUT2D eigenvalue weighted by molar-refractivity contribution is -0.122. The molecule has 7 heteroatoms. The van der Waals surface area contributed by atoms with E-state index in [1.165, 1.54) is 11.8 Å². The normalized spacial score (nSPS) is 16.1. The zero-order valence-electron chi connectivity index (χ0n) is 20.0. The topological polar surface area (TPSA) is 74.9 Å². The number of carbonyl (C=O) groups is 2. The Morgan fingerprint density at radius 3 is 2.39 bits per heavy atom. The zero-order chi connectivity index (χ0) is 25.2. The number of thioether (sulfide) groups is 1. The van der Waals surface area contributed by atoms with Gasteiger partial charge in [-0.1, -0.05) is 48.5 Å². The molecule has 1 amide bonds. The number of carboxylic acid groups (broad SMARTS) is 1. The Kier molecular flexibility index (Phi) is 6.48. The molecule has 2 heterocycles. The van der Waals surface area contributed by atoms with Crippen LogP contribution in [-0.4, -0.2) is 31.6 Å². The number of rotatable bonds is 6. The second-order valence-corrected chi connectivity index (χ2v) is 9.85. The number of aromatic carboxylic acids is 1. The lowest BCUT2D eigenvalue weighted by atomic mass is 10.1. The van der Waals surface area contributed by atoms with Gasteiger partial charge >= 0.3 is 5.97 Å². The first-order valence-corrected chi connectivity index (χ1v) is 12.5. The third-order valence-corrected chi connectivity index (χ3v) is 7.03. The molecule has 36 heavy (non-hydrogen) atoms. The van der Waals surface area contributed by atoms with Gasteiger partial charge in [0.2, 0.25) is 0 Å². The number of aromatic nitrogens is 1. The average Bonchev–Trinajstić information content (AvgIpc) is 3.38. The summed E-state index contributed by atoms with van der Waals surface area (Å²) in [6.45, 7) is 4.57. The Morgan fingerprint density at radius 2 is 1.69 bits per heavy atom. The van der Waals surface area contributed by atoms with Crippen LogP contribution in [0, 0.1) is 0 Å². The average molecular weight is 496 g/mol. The van der Waals surface area contributed by atoms with Crippen molar-refractivity contribution < 1.29 is 14.7 Å². The number of carboxylic acids is 1. The second kappa shape index (κ2) is 9.87. The maximum Gasteiger partial charge on any atom is 0.335 e. The molecule has 0 spiro atoms. The number of aliphatic imine (C=N–C) groups is 1. The number of nitrogens with zero attached hydrogens (tertiary/aromatic N) is 3. The summed E-state index contributed by atoms with van der Waals surface area (Å²) < 4.78 is 2.21. The largest absolute Gasteiger partial charge is 0.478 e. The van der Waals surface area contributed by atoms with E-state index >= 15 is 0 Å². The Labute approximate surface area is 213 Å². The van der Waals surface area contributed by atoms with Crippen molar-refractivity contribution in [2.45, 2.75) is 26.4 Å². The van der Waals surface area contributed by atoms with Crippen molar-refractivity contribution in [3.05, 3.63) is 107 Å². The molecule has 0 radical (unpaired) electrons. The fourth-order valence-electron chi connectivity index (χ4n) is 4.19. The Morgan fingerprint density at radius 1 is 1.00 bits per heavy atom. The van der Waals surface area contributed by atoms with Gasteiger partial charge in [-0.2, -0.15) is 0 Å². The maximum atomic E-state index is 13.6. The van der Waals surface area contributed by atoms with Gasteiger partial charge in [0.15, 0.2) is 5.17 Å². The minimum absolute atomic E-state index is 0.127. The van der Waals surface area contributed by atoms with Crippen LogP contribution in [0.1, 0.15) is 41.4 Å². The molecule has 1 N–H and O–H groups in total. The number of carbonyl (C=O) groups excluding carboxylic acids is 1. The van der Waals surface area contributed by atoms with Gasteiger partial charge in [-0.3, -0.25) is 9.69 Å². The fourth-order valence-corrected chi connectivity index (χ4v) is 5.18. The van der Waals surface area contributed by atoms with Gasteiger partial charge in [-0.05, 0) is 67.6 Å². The summed E-state index contributed by atoms with van der Waals surface area (Å²) >= 11 is 1.35. The summed E-state index contributed by atoms with van der Waals surface area (Å²) in [5, 5.41) is 10.9. The summed E-state index contributed by atoms with van der Waals surface area (Å²) in [4.78, 5) is 31.9. The van der Waals surface area contributed by atoms with Crippen LogP contribution >= 0.6 is 11.8 Å². The third-order valence-electron chi connectivity index (χ3n) is 6.02. The van der Waals surface area contributed by atoms with E-state index in [0.29, 0.717) is 16.6 Å². The van der Waals surface area contributed by atoms with E-state index in [9.17, 15) is 14.7 Å². The van der Waals surface area contributed by atoms with Crippen LogP contribution in [0.15, 0.2) is 95.0 Å².